The molecule has 0 aromatic carbocycles. The van der Waals surface area contributed by atoms with Crippen molar-refractivity contribution in [1.82, 2.24) is 0 Å². The molecule has 54 valence electrons. The summed E-state index contributed by atoms with van der Waals surface area (Å²) in [5, 5.41) is 0. The van der Waals surface area contributed by atoms with Crippen molar-refractivity contribution < 1.29 is 0 Å². The Morgan fingerprint density at radius 1 is 1.33 bits per heavy atom. The predicted octanol–water partition coefficient (Wildman–Crippen LogP) is 1.77. The Labute approximate surface area is 57.6 Å². The first-order valence-corrected chi connectivity index (χ1v) is 4.08. The van der Waals surface area contributed by atoms with Gasteiger partial charge in [-0.1, -0.05) is 26.2 Å². The van der Waals surface area contributed by atoms with Crippen LogP contribution < -0.4 is 5.73 Å². The number of rotatable bonds is 2. The first kappa shape index (κ1) is 7.07. The monoisotopic (exact) mass is 127 g/mol. The third kappa shape index (κ3) is 1.45. The van der Waals surface area contributed by atoms with Crippen molar-refractivity contribution in [2.24, 2.45) is 17.6 Å². The Morgan fingerprint density at radius 2 is 2.00 bits per heavy atom. The van der Waals surface area contributed by atoms with Gasteiger partial charge in [0.05, 0.1) is 0 Å². The van der Waals surface area contributed by atoms with Gasteiger partial charge in [-0.05, 0) is 24.8 Å². The molecule has 0 aliphatic heterocycles. The second kappa shape index (κ2) is 3.21. The van der Waals surface area contributed by atoms with Crippen molar-refractivity contribution in [1.29, 1.82) is 0 Å². The second-order valence-electron chi connectivity index (χ2n) is 3.10. The molecule has 0 heterocycles. The van der Waals surface area contributed by atoms with Gasteiger partial charge < -0.3 is 5.73 Å². The largest absolute Gasteiger partial charge is 0.330 e. The lowest BCUT2D eigenvalue weighted by molar-refractivity contribution is 0.385. The van der Waals surface area contributed by atoms with E-state index < -0.39 is 0 Å². The Morgan fingerprint density at radius 3 is 2.44 bits per heavy atom. The van der Waals surface area contributed by atoms with E-state index in [9.17, 15) is 0 Å². The zero-order valence-corrected chi connectivity index (χ0v) is 6.27. The molecule has 2 N–H and O–H groups in total. The summed E-state index contributed by atoms with van der Waals surface area (Å²) in [7, 11) is 0. The summed E-state index contributed by atoms with van der Waals surface area (Å²) in [5.41, 5.74) is 5.60. The van der Waals surface area contributed by atoms with Gasteiger partial charge >= 0.3 is 0 Å². The summed E-state index contributed by atoms with van der Waals surface area (Å²) in [6.45, 7) is 3.19. The molecule has 9 heavy (non-hydrogen) atoms. The summed E-state index contributed by atoms with van der Waals surface area (Å²) in [6, 6.07) is 0. The summed E-state index contributed by atoms with van der Waals surface area (Å²) < 4.78 is 0. The normalized spacial score (nSPS) is 35.3. The quantitative estimate of drug-likeness (QED) is 0.601. The molecule has 1 rings (SSSR count). The Balaban J connectivity index is 2.32. The van der Waals surface area contributed by atoms with Gasteiger partial charge in [0.25, 0.3) is 0 Å². The molecule has 1 heteroatoms. The van der Waals surface area contributed by atoms with Crippen molar-refractivity contribution in [2.75, 3.05) is 6.54 Å². The zero-order valence-electron chi connectivity index (χ0n) is 6.27. The second-order valence-corrected chi connectivity index (χ2v) is 3.10. The van der Waals surface area contributed by atoms with Crippen molar-refractivity contribution in [3.05, 3.63) is 0 Å². The van der Waals surface area contributed by atoms with Crippen LogP contribution in [0.1, 0.15) is 32.6 Å². The molecule has 0 spiro atoms. The van der Waals surface area contributed by atoms with Crippen LogP contribution in [0.5, 0.6) is 0 Å². The van der Waals surface area contributed by atoms with Crippen LogP contribution in [0.3, 0.4) is 0 Å². The van der Waals surface area contributed by atoms with Gasteiger partial charge in [0.1, 0.15) is 0 Å². The Kier molecular flexibility index (Phi) is 2.52. The standard InChI is InChI=1S/C8H17N/c1-2-7-4-3-5-8(7)6-9/h7-8H,2-6,9H2,1H3/t7-,8+/m0/s1. The molecule has 0 aromatic rings. The minimum atomic E-state index is 0.856. The number of hydrogen-bond donors (Lipinski definition) is 1. The fourth-order valence-electron chi connectivity index (χ4n) is 1.96. The fraction of sp³-hybridized carbons (Fsp3) is 1.00. The Bertz CT molecular complexity index is 70.6. The van der Waals surface area contributed by atoms with E-state index in [4.69, 9.17) is 5.73 Å². The van der Waals surface area contributed by atoms with E-state index in [1.807, 2.05) is 0 Å². The first-order chi connectivity index (χ1) is 4.38. The molecule has 1 saturated carbocycles. The SMILES string of the molecule is CC[C@H]1CCC[C@@H]1CN. The van der Waals surface area contributed by atoms with Crippen LogP contribution in [0, 0.1) is 11.8 Å². The van der Waals surface area contributed by atoms with Crippen molar-refractivity contribution in [2.45, 2.75) is 32.6 Å². The minimum Gasteiger partial charge on any atom is -0.330 e. The average molecular weight is 127 g/mol. The molecule has 1 aliphatic rings. The molecule has 0 saturated heterocycles. The molecule has 1 fully saturated rings. The molecular formula is C8H17N. The van der Waals surface area contributed by atoms with Gasteiger partial charge in [-0.15, -0.1) is 0 Å². The molecule has 1 aliphatic carbocycles. The minimum absolute atomic E-state index is 0.856. The van der Waals surface area contributed by atoms with E-state index in [2.05, 4.69) is 6.92 Å². The van der Waals surface area contributed by atoms with Crippen molar-refractivity contribution in [3.63, 3.8) is 0 Å². The first-order valence-electron chi connectivity index (χ1n) is 4.08. The summed E-state index contributed by atoms with van der Waals surface area (Å²) >= 11 is 0. The highest BCUT2D eigenvalue weighted by Gasteiger charge is 2.23. The highest BCUT2D eigenvalue weighted by atomic mass is 14.6. The van der Waals surface area contributed by atoms with Crippen molar-refractivity contribution in [3.8, 4) is 0 Å². The smallest absolute Gasteiger partial charge is 0.00462 e. The van der Waals surface area contributed by atoms with Gasteiger partial charge in [-0.3, -0.25) is 0 Å². The maximum Gasteiger partial charge on any atom is -0.00462 e. The van der Waals surface area contributed by atoms with Gasteiger partial charge in [0.15, 0.2) is 0 Å². The molecule has 0 unspecified atom stereocenters. The van der Waals surface area contributed by atoms with Crippen LogP contribution in [0.2, 0.25) is 0 Å². The van der Waals surface area contributed by atoms with Crippen LogP contribution in [-0.2, 0) is 0 Å². The molecule has 2 atom stereocenters. The van der Waals surface area contributed by atoms with Crippen LogP contribution >= 0.6 is 0 Å². The van der Waals surface area contributed by atoms with Gasteiger partial charge in [-0.2, -0.15) is 0 Å². The van der Waals surface area contributed by atoms with Gasteiger partial charge in [0.2, 0.25) is 0 Å². The number of nitrogens with two attached hydrogens (primary N) is 1. The van der Waals surface area contributed by atoms with Crippen LogP contribution in [-0.4, -0.2) is 6.54 Å². The fourth-order valence-corrected chi connectivity index (χ4v) is 1.96. The van der Waals surface area contributed by atoms with E-state index in [0.29, 0.717) is 0 Å². The molecule has 0 aromatic heterocycles. The van der Waals surface area contributed by atoms with E-state index in [0.717, 1.165) is 18.4 Å². The van der Waals surface area contributed by atoms with E-state index >= 15 is 0 Å². The molecule has 1 nitrogen and oxygen atoms in total. The predicted molar refractivity (Wildman–Crippen MR) is 40.2 cm³/mol. The lowest BCUT2D eigenvalue weighted by atomic mass is 9.94. The van der Waals surface area contributed by atoms with Gasteiger partial charge in [0, 0.05) is 0 Å². The van der Waals surface area contributed by atoms with Crippen LogP contribution in [0.4, 0.5) is 0 Å². The highest BCUT2D eigenvalue weighted by molar-refractivity contribution is 4.76. The van der Waals surface area contributed by atoms with E-state index in [1.165, 1.54) is 25.7 Å². The topological polar surface area (TPSA) is 26.0 Å². The molecule has 0 amide bonds. The molecule has 0 radical (unpaired) electrons. The third-order valence-corrected chi connectivity index (χ3v) is 2.64. The summed E-state index contributed by atoms with van der Waals surface area (Å²) in [4.78, 5) is 0. The van der Waals surface area contributed by atoms with Crippen LogP contribution in [0.25, 0.3) is 0 Å². The Hall–Kier alpha value is -0.0400. The maximum atomic E-state index is 5.60. The molecular weight excluding hydrogens is 110 g/mol. The van der Waals surface area contributed by atoms with E-state index in [-0.39, 0.29) is 0 Å². The summed E-state index contributed by atoms with van der Waals surface area (Å²) in [6.07, 6.45) is 5.57. The van der Waals surface area contributed by atoms with E-state index in [1.54, 1.807) is 0 Å². The zero-order chi connectivity index (χ0) is 6.69. The van der Waals surface area contributed by atoms with Crippen LogP contribution in [0.15, 0.2) is 0 Å². The van der Waals surface area contributed by atoms with Gasteiger partial charge in [-0.25, -0.2) is 0 Å². The molecule has 0 bridgehead atoms. The maximum absolute atomic E-state index is 5.60. The number of hydrogen-bond acceptors (Lipinski definition) is 1. The lowest BCUT2D eigenvalue weighted by Crippen LogP contribution is -2.17. The summed E-state index contributed by atoms with van der Waals surface area (Å²) in [5.74, 6) is 1.81. The lowest BCUT2D eigenvalue weighted by Gasteiger charge is -2.14. The third-order valence-electron chi connectivity index (χ3n) is 2.64. The van der Waals surface area contributed by atoms with Crippen molar-refractivity contribution >= 4 is 0 Å². The average Bonchev–Trinajstić information content (AvgIpc) is 2.33. The highest BCUT2D eigenvalue weighted by Crippen LogP contribution is 2.32.